The lowest BCUT2D eigenvalue weighted by Crippen LogP contribution is -2.27. The van der Waals surface area contributed by atoms with Gasteiger partial charge >= 0.3 is 6.18 Å². The Kier molecular flexibility index (Phi) is 5.63. The Morgan fingerprint density at radius 3 is 2.14 bits per heavy atom. The molecule has 0 fully saturated rings. The van der Waals surface area contributed by atoms with Gasteiger partial charge in [0.2, 0.25) is 0 Å². The summed E-state index contributed by atoms with van der Waals surface area (Å²) in [6.07, 6.45) is -2.91. The van der Waals surface area contributed by atoms with E-state index in [0.717, 1.165) is 17.7 Å². The van der Waals surface area contributed by atoms with E-state index in [-0.39, 0.29) is 17.6 Å². The summed E-state index contributed by atoms with van der Waals surface area (Å²) in [4.78, 5) is 16.5. The highest BCUT2D eigenvalue weighted by Crippen LogP contribution is 2.30. The van der Waals surface area contributed by atoms with Gasteiger partial charge in [0.1, 0.15) is 5.69 Å². The highest BCUT2D eigenvalue weighted by molar-refractivity contribution is 5.92. The Balaban J connectivity index is 1.62. The number of carbonyl (C=O) groups is 1. The van der Waals surface area contributed by atoms with Crippen molar-refractivity contribution < 1.29 is 18.0 Å². The highest BCUT2D eigenvalue weighted by Gasteiger charge is 2.29. The third-order valence-corrected chi connectivity index (χ3v) is 4.14. The number of hydrogen-bond donors (Lipinski definition) is 2. The third-order valence-electron chi connectivity index (χ3n) is 4.14. The van der Waals surface area contributed by atoms with Gasteiger partial charge in [-0.3, -0.25) is 4.79 Å². The number of aromatic nitrogens is 1. The molecule has 144 valence electrons. The molecule has 1 atom stereocenters. The summed E-state index contributed by atoms with van der Waals surface area (Å²) < 4.78 is 37.8. The van der Waals surface area contributed by atoms with E-state index in [4.69, 9.17) is 0 Å². The first-order valence-corrected chi connectivity index (χ1v) is 8.59. The lowest BCUT2D eigenvalue weighted by molar-refractivity contribution is -0.137. The van der Waals surface area contributed by atoms with Crippen LogP contribution in [0.1, 0.15) is 34.6 Å². The van der Waals surface area contributed by atoms with E-state index >= 15 is 0 Å². The van der Waals surface area contributed by atoms with Gasteiger partial charge in [-0.15, -0.1) is 0 Å². The average Bonchev–Trinajstić information content (AvgIpc) is 2.69. The molecule has 3 aromatic rings. The molecule has 7 heteroatoms. The zero-order chi connectivity index (χ0) is 20.1. The number of pyridine rings is 1. The van der Waals surface area contributed by atoms with E-state index in [0.29, 0.717) is 11.4 Å². The molecule has 2 N–H and O–H groups in total. The molecular weight excluding hydrogens is 367 g/mol. The first kappa shape index (κ1) is 19.4. The van der Waals surface area contributed by atoms with Crippen LogP contribution in [0.2, 0.25) is 0 Å². The van der Waals surface area contributed by atoms with Crippen LogP contribution in [0.25, 0.3) is 0 Å². The van der Waals surface area contributed by atoms with Crippen molar-refractivity contribution in [2.24, 2.45) is 0 Å². The number of nitrogens with zero attached hydrogens (tertiary/aromatic N) is 1. The minimum Gasteiger partial charge on any atom is -0.354 e. The molecule has 0 aliphatic heterocycles. The van der Waals surface area contributed by atoms with Gasteiger partial charge in [-0.2, -0.15) is 13.2 Å². The quantitative estimate of drug-likeness (QED) is 0.624. The van der Waals surface area contributed by atoms with E-state index in [1.807, 2.05) is 37.3 Å². The van der Waals surface area contributed by atoms with Crippen molar-refractivity contribution in [2.75, 3.05) is 5.32 Å². The van der Waals surface area contributed by atoms with Gasteiger partial charge in [0, 0.05) is 5.69 Å². The predicted molar refractivity (Wildman–Crippen MR) is 101 cm³/mol. The van der Waals surface area contributed by atoms with Crippen LogP contribution in [0.15, 0.2) is 72.9 Å². The third kappa shape index (κ3) is 4.88. The molecule has 1 heterocycles. The molecule has 0 spiro atoms. The Bertz CT molecular complexity index is 924. The Morgan fingerprint density at radius 2 is 1.57 bits per heavy atom. The molecule has 0 aliphatic rings. The molecule has 2 aromatic carbocycles. The van der Waals surface area contributed by atoms with Crippen LogP contribution in [0.3, 0.4) is 0 Å². The number of benzene rings is 2. The summed E-state index contributed by atoms with van der Waals surface area (Å²) in [5, 5.41) is 5.83. The predicted octanol–water partition coefficient (Wildman–Crippen LogP) is 5.34. The number of amides is 1. The number of halogens is 3. The zero-order valence-electron chi connectivity index (χ0n) is 15.0. The molecule has 0 saturated heterocycles. The lowest BCUT2D eigenvalue weighted by atomic mass is 10.1. The lowest BCUT2D eigenvalue weighted by Gasteiger charge is -2.14. The molecule has 1 aromatic heterocycles. The van der Waals surface area contributed by atoms with E-state index in [9.17, 15) is 18.0 Å². The second kappa shape index (κ2) is 8.12. The smallest absolute Gasteiger partial charge is 0.354 e. The van der Waals surface area contributed by atoms with E-state index < -0.39 is 11.7 Å². The summed E-state index contributed by atoms with van der Waals surface area (Å²) in [5.74, 6) is -0.308. The maximum absolute atomic E-state index is 12.6. The van der Waals surface area contributed by atoms with Crippen LogP contribution < -0.4 is 10.6 Å². The summed E-state index contributed by atoms with van der Waals surface area (Å²) in [6, 6.07) is 17.3. The minimum absolute atomic E-state index is 0.166. The minimum atomic E-state index is -4.37. The zero-order valence-corrected chi connectivity index (χ0v) is 15.0. The van der Waals surface area contributed by atoms with Crippen molar-refractivity contribution in [1.29, 1.82) is 0 Å². The fraction of sp³-hybridized carbons (Fsp3) is 0.143. The average molecular weight is 385 g/mol. The van der Waals surface area contributed by atoms with Crippen molar-refractivity contribution >= 4 is 17.3 Å². The summed E-state index contributed by atoms with van der Waals surface area (Å²) in [5.41, 5.74) is 1.57. The Morgan fingerprint density at radius 1 is 0.929 bits per heavy atom. The Labute approximate surface area is 160 Å². The second-order valence-corrected chi connectivity index (χ2v) is 6.24. The largest absolute Gasteiger partial charge is 0.416 e. The number of rotatable bonds is 5. The van der Waals surface area contributed by atoms with Crippen LogP contribution in [0.5, 0.6) is 0 Å². The molecular formula is C21H18F3N3O. The summed E-state index contributed by atoms with van der Waals surface area (Å²) in [6.45, 7) is 1.88. The van der Waals surface area contributed by atoms with Crippen LogP contribution in [-0.2, 0) is 6.18 Å². The number of carbonyl (C=O) groups excluding carboxylic acids is 1. The van der Waals surface area contributed by atoms with Crippen molar-refractivity contribution in [3.05, 3.63) is 89.7 Å². The monoisotopic (exact) mass is 385 g/mol. The van der Waals surface area contributed by atoms with Crippen molar-refractivity contribution in [3.63, 3.8) is 0 Å². The van der Waals surface area contributed by atoms with Crippen molar-refractivity contribution in [2.45, 2.75) is 19.1 Å². The van der Waals surface area contributed by atoms with Gasteiger partial charge < -0.3 is 10.6 Å². The second-order valence-electron chi connectivity index (χ2n) is 6.24. The molecule has 0 aliphatic carbocycles. The van der Waals surface area contributed by atoms with Crippen molar-refractivity contribution in [1.82, 2.24) is 10.3 Å². The highest BCUT2D eigenvalue weighted by atomic mass is 19.4. The van der Waals surface area contributed by atoms with E-state index in [2.05, 4.69) is 15.6 Å². The number of nitrogens with one attached hydrogen (secondary N) is 2. The maximum Gasteiger partial charge on any atom is 0.416 e. The SMILES string of the molecule is CC(NC(=O)c1ccc(Nc2ccc(C(F)(F)F)cc2)cn1)c1ccccc1. The number of hydrogen-bond acceptors (Lipinski definition) is 3. The van der Waals surface area contributed by atoms with Crippen LogP contribution in [0.4, 0.5) is 24.5 Å². The van der Waals surface area contributed by atoms with E-state index in [1.54, 1.807) is 12.1 Å². The van der Waals surface area contributed by atoms with Gasteiger partial charge in [0.15, 0.2) is 0 Å². The maximum atomic E-state index is 12.6. The molecule has 4 nitrogen and oxygen atoms in total. The summed E-state index contributed by atoms with van der Waals surface area (Å²) >= 11 is 0. The van der Waals surface area contributed by atoms with Gasteiger partial charge in [-0.05, 0) is 48.9 Å². The fourth-order valence-corrected chi connectivity index (χ4v) is 2.61. The molecule has 0 bridgehead atoms. The molecule has 1 unspecified atom stereocenters. The van der Waals surface area contributed by atoms with Crippen molar-refractivity contribution in [3.8, 4) is 0 Å². The molecule has 0 radical (unpaired) electrons. The molecule has 0 saturated carbocycles. The Hall–Kier alpha value is -3.35. The standard InChI is InChI=1S/C21H18F3N3O/c1-14(15-5-3-2-4-6-15)26-20(28)19-12-11-18(13-25-19)27-17-9-7-16(8-10-17)21(22,23)24/h2-14,27H,1H3,(H,26,28). The first-order chi connectivity index (χ1) is 13.3. The fourth-order valence-electron chi connectivity index (χ4n) is 2.61. The molecule has 1 amide bonds. The van der Waals surface area contributed by atoms with Crippen LogP contribution >= 0.6 is 0 Å². The number of anilines is 2. The van der Waals surface area contributed by atoms with Crippen LogP contribution in [-0.4, -0.2) is 10.9 Å². The van der Waals surface area contributed by atoms with Gasteiger partial charge in [-0.1, -0.05) is 30.3 Å². The van der Waals surface area contributed by atoms with E-state index in [1.165, 1.54) is 18.3 Å². The molecule has 3 rings (SSSR count). The topological polar surface area (TPSA) is 54.0 Å². The van der Waals surface area contributed by atoms with Gasteiger partial charge in [0.05, 0.1) is 23.5 Å². The van der Waals surface area contributed by atoms with Crippen LogP contribution in [0, 0.1) is 0 Å². The van der Waals surface area contributed by atoms with Gasteiger partial charge in [-0.25, -0.2) is 4.98 Å². The van der Waals surface area contributed by atoms with Gasteiger partial charge in [0.25, 0.3) is 5.91 Å². The normalized spacial score (nSPS) is 12.3. The first-order valence-electron chi connectivity index (χ1n) is 8.59. The summed E-state index contributed by atoms with van der Waals surface area (Å²) in [7, 11) is 0. The number of alkyl halides is 3. The molecule has 28 heavy (non-hydrogen) atoms.